The lowest BCUT2D eigenvalue weighted by molar-refractivity contribution is 0.0426. The molecule has 2 aromatic carbocycles. The Morgan fingerprint density at radius 2 is 1.97 bits per heavy atom. The van der Waals surface area contributed by atoms with E-state index in [4.69, 9.17) is 25.8 Å². The molecule has 0 saturated carbocycles. The topological polar surface area (TPSA) is 60.0 Å². The Morgan fingerprint density at radius 1 is 1.10 bits per heavy atom. The Bertz CT molecular complexity index is 929. The van der Waals surface area contributed by atoms with Crippen LogP contribution in [0.1, 0.15) is 41.3 Å². The van der Waals surface area contributed by atoms with Gasteiger partial charge in [-0.2, -0.15) is 0 Å². The SMILES string of the molecule is O=C1c2ccccc2N[C@H](c2cc(Cl)c3c(c2)OCCCO3)N1C[C@H]1CCCO1. The van der Waals surface area contributed by atoms with Crippen molar-refractivity contribution in [1.29, 1.82) is 0 Å². The van der Waals surface area contributed by atoms with E-state index in [2.05, 4.69) is 5.32 Å². The molecule has 0 bridgehead atoms. The number of para-hydroxylation sites is 1. The first-order valence-electron chi connectivity index (χ1n) is 10.1. The van der Waals surface area contributed by atoms with Crippen LogP contribution in [0.3, 0.4) is 0 Å². The van der Waals surface area contributed by atoms with Crippen molar-refractivity contribution in [3.63, 3.8) is 0 Å². The fourth-order valence-corrected chi connectivity index (χ4v) is 4.43. The van der Waals surface area contributed by atoms with Crippen molar-refractivity contribution in [3.05, 3.63) is 52.5 Å². The highest BCUT2D eigenvalue weighted by atomic mass is 35.5. The number of nitrogens with zero attached hydrogens (tertiary/aromatic N) is 1. The van der Waals surface area contributed by atoms with Crippen molar-refractivity contribution in [2.24, 2.45) is 0 Å². The van der Waals surface area contributed by atoms with E-state index >= 15 is 0 Å². The van der Waals surface area contributed by atoms with E-state index in [1.165, 1.54) is 0 Å². The summed E-state index contributed by atoms with van der Waals surface area (Å²) in [5.41, 5.74) is 2.34. The zero-order valence-corrected chi connectivity index (χ0v) is 16.8. The Hall–Kier alpha value is -2.44. The molecule has 1 saturated heterocycles. The van der Waals surface area contributed by atoms with Crippen molar-refractivity contribution in [3.8, 4) is 11.5 Å². The highest BCUT2D eigenvalue weighted by molar-refractivity contribution is 6.32. The van der Waals surface area contributed by atoms with E-state index in [9.17, 15) is 4.79 Å². The van der Waals surface area contributed by atoms with Gasteiger partial charge in [0.05, 0.1) is 29.9 Å². The number of ether oxygens (including phenoxy) is 3. The molecule has 0 aliphatic carbocycles. The molecule has 152 valence electrons. The molecule has 0 aromatic heterocycles. The molecule has 3 aliphatic heterocycles. The molecule has 2 aromatic rings. The quantitative estimate of drug-likeness (QED) is 0.813. The van der Waals surface area contributed by atoms with Gasteiger partial charge in [-0.25, -0.2) is 0 Å². The van der Waals surface area contributed by atoms with Gasteiger partial charge in [-0.15, -0.1) is 0 Å². The van der Waals surface area contributed by atoms with Crippen LogP contribution in [0.25, 0.3) is 0 Å². The fraction of sp³-hybridized carbons (Fsp3) is 0.409. The van der Waals surface area contributed by atoms with Gasteiger partial charge in [-0.1, -0.05) is 23.7 Å². The standard InChI is InChI=1S/C22H23ClN2O4/c23-17-11-14(12-19-20(17)29-10-4-9-28-19)21-24-18-7-2-1-6-16(18)22(26)25(21)13-15-5-3-8-27-15/h1-2,6-7,11-12,15,21,24H,3-5,8-10,13H2/t15-,21+/m1/s1. The highest BCUT2D eigenvalue weighted by Gasteiger charge is 2.36. The lowest BCUT2D eigenvalue weighted by Crippen LogP contribution is -2.46. The first kappa shape index (κ1) is 18.6. The summed E-state index contributed by atoms with van der Waals surface area (Å²) >= 11 is 6.53. The highest BCUT2D eigenvalue weighted by Crippen LogP contribution is 2.42. The van der Waals surface area contributed by atoms with Crippen LogP contribution in [0.2, 0.25) is 5.02 Å². The number of hydrogen-bond acceptors (Lipinski definition) is 5. The van der Waals surface area contributed by atoms with Crippen molar-refractivity contribution in [2.75, 3.05) is 31.7 Å². The maximum Gasteiger partial charge on any atom is 0.257 e. The summed E-state index contributed by atoms with van der Waals surface area (Å²) in [5, 5.41) is 4.00. The van der Waals surface area contributed by atoms with E-state index in [1.807, 2.05) is 41.3 Å². The fourth-order valence-electron chi connectivity index (χ4n) is 4.16. The van der Waals surface area contributed by atoms with Crippen LogP contribution in [0.15, 0.2) is 36.4 Å². The van der Waals surface area contributed by atoms with Gasteiger partial charge < -0.3 is 24.4 Å². The largest absolute Gasteiger partial charge is 0.489 e. The van der Waals surface area contributed by atoms with Crippen molar-refractivity contribution in [1.82, 2.24) is 4.90 Å². The first-order valence-corrected chi connectivity index (χ1v) is 10.5. The predicted octanol–water partition coefficient (Wildman–Crippen LogP) is 4.25. The van der Waals surface area contributed by atoms with Crippen molar-refractivity contribution < 1.29 is 19.0 Å². The molecule has 29 heavy (non-hydrogen) atoms. The number of hydrogen-bond donors (Lipinski definition) is 1. The number of nitrogens with one attached hydrogen (secondary N) is 1. The molecule has 1 N–H and O–H groups in total. The lowest BCUT2D eigenvalue weighted by Gasteiger charge is -2.39. The lowest BCUT2D eigenvalue weighted by atomic mass is 10.0. The summed E-state index contributed by atoms with van der Waals surface area (Å²) in [6, 6.07) is 11.4. The Balaban J connectivity index is 1.55. The summed E-state index contributed by atoms with van der Waals surface area (Å²) in [6.07, 6.45) is 2.47. The maximum atomic E-state index is 13.4. The minimum atomic E-state index is -0.365. The van der Waals surface area contributed by atoms with Gasteiger partial charge in [0.15, 0.2) is 11.5 Å². The van der Waals surface area contributed by atoms with E-state index in [0.29, 0.717) is 41.8 Å². The summed E-state index contributed by atoms with van der Waals surface area (Å²) in [7, 11) is 0. The van der Waals surface area contributed by atoms with Crippen LogP contribution in [-0.4, -0.2) is 43.3 Å². The monoisotopic (exact) mass is 414 g/mol. The third-order valence-corrected chi connectivity index (χ3v) is 5.87. The minimum Gasteiger partial charge on any atom is -0.489 e. The number of benzene rings is 2. The first-order chi connectivity index (χ1) is 14.2. The summed E-state index contributed by atoms with van der Waals surface area (Å²) in [5.74, 6) is 1.18. The summed E-state index contributed by atoms with van der Waals surface area (Å²) in [6.45, 7) is 2.42. The number of fused-ring (bicyclic) bond motifs is 2. The average molecular weight is 415 g/mol. The number of rotatable bonds is 3. The van der Waals surface area contributed by atoms with Crippen molar-refractivity contribution >= 4 is 23.2 Å². The van der Waals surface area contributed by atoms with Crippen molar-refractivity contribution in [2.45, 2.75) is 31.5 Å². The summed E-state index contributed by atoms with van der Waals surface area (Å²) in [4.78, 5) is 15.2. The molecule has 0 spiro atoms. The van der Waals surface area contributed by atoms with Crippen LogP contribution in [0.5, 0.6) is 11.5 Å². The molecule has 5 rings (SSSR count). The molecular formula is C22H23ClN2O4. The van der Waals surface area contributed by atoms with E-state index < -0.39 is 0 Å². The van der Waals surface area contributed by atoms with Crippen LogP contribution in [-0.2, 0) is 4.74 Å². The zero-order chi connectivity index (χ0) is 19.8. The van der Waals surface area contributed by atoms with E-state index in [-0.39, 0.29) is 18.2 Å². The molecule has 3 heterocycles. The molecule has 7 heteroatoms. The number of anilines is 1. The van der Waals surface area contributed by atoms with Gasteiger partial charge >= 0.3 is 0 Å². The second-order valence-corrected chi connectivity index (χ2v) is 7.97. The van der Waals surface area contributed by atoms with Crippen LogP contribution in [0.4, 0.5) is 5.69 Å². The minimum absolute atomic E-state index is 0.0110. The third-order valence-electron chi connectivity index (χ3n) is 5.59. The molecule has 3 aliphatic rings. The molecule has 0 radical (unpaired) electrons. The van der Waals surface area contributed by atoms with Crippen LogP contribution >= 0.6 is 11.6 Å². The number of carbonyl (C=O) groups is 1. The number of carbonyl (C=O) groups excluding carboxylic acids is 1. The van der Waals surface area contributed by atoms with E-state index in [0.717, 1.165) is 37.1 Å². The average Bonchev–Trinajstić information content (AvgIpc) is 3.12. The van der Waals surface area contributed by atoms with Gasteiger partial charge in [-0.3, -0.25) is 4.79 Å². The Morgan fingerprint density at radius 3 is 2.83 bits per heavy atom. The molecular weight excluding hydrogens is 392 g/mol. The van der Waals surface area contributed by atoms with Gasteiger partial charge in [0.2, 0.25) is 0 Å². The molecule has 1 fully saturated rings. The number of amides is 1. The predicted molar refractivity (Wildman–Crippen MR) is 110 cm³/mol. The second-order valence-electron chi connectivity index (χ2n) is 7.57. The smallest absolute Gasteiger partial charge is 0.257 e. The van der Waals surface area contributed by atoms with Gasteiger partial charge in [0.25, 0.3) is 5.91 Å². The normalized spacial score (nSPS) is 23.3. The zero-order valence-electron chi connectivity index (χ0n) is 16.0. The molecule has 1 amide bonds. The number of halogens is 1. The summed E-state index contributed by atoms with van der Waals surface area (Å²) < 4.78 is 17.4. The molecule has 2 atom stereocenters. The van der Waals surface area contributed by atoms with Gasteiger partial charge in [0, 0.05) is 30.8 Å². The maximum absolute atomic E-state index is 13.4. The van der Waals surface area contributed by atoms with E-state index in [1.54, 1.807) is 0 Å². The van der Waals surface area contributed by atoms with Gasteiger partial charge in [0.1, 0.15) is 6.17 Å². The molecule has 6 nitrogen and oxygen atoms in total. The Kier molecular flexibility index (Phi) is 4.97. The van der Waals surface area contributed by atoms with Gasteiger partial charge in [-0.05, 0) is 37.1 Å². The second kappa shape index (κ2) is 7.76. The van der Waals surface area contributed by atoms with Crippen LogP contribution < -0.4 is 14.8 Å². The molecule has 0 unspecified atom stereocenters. The third kappa shape index (κ3) is 3.51. The van der Waals surface area contributed by atoms with Crippen LogP contribution in [0, 0.1) is 0 Å². The Labute approximate surface area is 174 Å².